The highest BCUT2D eigenvalue weighted by molar-refractivity contribution is 5.96. The summed E-state index contributed by atoms with van der Waals surface area (Å²) in [7, 11) is 0. The van der Waals surface area contributed by atoms with Crippen LogP contribution in [0.15, 0.2) is 60.7 Å². The second kappa shape index (κ2) is 6.31. The number of hydrogen-bond acceptors (Lipinski definition) is 3. The molecule has 1 saturated carbocycles. The van der Waals surface area contributed by atoms with Crippen molar-refractivity contribution in [2.45, 2.75) is 37.9 Å². The van der Waals surface area contributed by atoms with Crippen molar-refractivity contribution in [2.75, 3.05) is 5.32 Å². The molecule has 5 rings (SSSR count). The number of amides is 1. The Balaban J connectivity index is 1.32. The summed E-state index contributed by atoms with van der Waals surface area (Å²) in [5, 5.41) is 5.25. The molecular formula is C23H21NO3. The van der Waals surface area contributed by atoms with E-state index in [9.17, 15) is 4.79 Å². The zero-order valence-corrected chi connectivity index (χ0v) is 15.0. The van der Waals surface area contributed by atoms with Crippen molar-refractivity contribution < 1.29 is 14.3 Å². The minimum Gasteiger partial charge on any atom is -0.448 e. The molecule has 1 N–H and O–H groups in total. The van der Waals surface area contributed by atoms with Gasteiger partial charge in [0.2, 0.25) is 5.91 Å². The molecular weight excluding hydrogens is 338 g/mol. The Hall–Kier alpha value is -3.01. The first-order valence-electron chi connectivity index (χ1n) is 9.49. The van der Waals surface area contributed by atoms with Crippen LogP contribution in [0.2, 0.25) is 0 Å². The monoisotopic (exact) mass is 359 g/mol. The van der Waals surface area contributed by atoms with Crippen molar-refractivity contribution in [3.05, 3.63) is 66.2 Å². The first-order valence-corrected chi connectivity index (χ1v) is 9.49. The lowest BCUT2D eigenvalue weighted by molar-refractivity contribution is -0.115. The third kappa shape index (κ3) is 3.01. The predicted molar refractivity (Wildman–Crippen MR) is 105 cm³/mol. The average Bonchev–Trinajstić information content (AvgIpc) is 3.27. The topological polar surface area (TPSA) is 47.6 Å². The van der Waals surface area contributed by atoms with Crippen LogP contribution >= 0.6 is 0 Å². The fourth-order valence-electron chi connectivity index (χ4n) is 4.11. The maximum absolute atomic E-state index is 12.6. The second-order valence-corrected chi connectivity index (χ2v) is 7.35. The summed E-state index contributed by atoms with van der Waals surface area (Å²) in [6.45, 7) is 0. The molecule has 1 heterocycles. The fraction of sp³-hybridized carbons (Fsp3) is 0.261. The van der Waals surface area contributed by atoms with Crippen LogP contribution in [0.3, 0.4) is 0 Å². The molecule has 1 amide bonds. The summed E-state index contributed by atoms with van der Waals surface area (Å²) in [6.07, 6.45) is 4.43. The van der Waals surface area contributed by atoms with Crippen molar-refractivity contribution in [3.63, 3.8) is 0 Å². The molecule has 0 aromatic heterocycles. The molecule has 1 fully saturated rings. The van der Waals surface area contributed by atoms with Gasteiger partial charge in [-0.15, -0.1) is 0 Å². The summed E-state index contributed by atoms with van der Waals surface area (Å²) >= 11 is 0. The first kappa shape index (κ1) is 16.2. The first-order chi connectivity index (χ1) is 13.2. The average molecular weight is 359 g/mol. The summed E-state index contributed by atoms with van der Waals surface area (Å²) < 4.78 is 12.1. The summed E-state index contributed by atoms with van der Waals surface area (Å²) in [6, 6.07) is 19.8. The summed E-state index contributed by atoms with van der Waals surface area (Å²) in [5.41, 5.74) is 1.76. The largest absolute Gasteiger partial charge is 0.448 e. The van der Waals surface area contributed by atoms with Gasteiger partial charge in [-0.25, -0.2) is 0 Å². The molecule has 2 aliphatic rings. The van der Waals surface area contributed by atoms with Gasteiger partial charge in [0, 0.05) is 24.6 Å². The number of benzene rings is 3. The maximum Gasteiger partial charge on any atom is 0.251 e. The van der Waals surface area contributed by atoms with Crippen LogP contribution in [-0.4, -0.2) is 11.7 Å². The Morgan fingerprint density at radius 3 is 2.59 bits per heavy atom. The number of ether oxygens (including phenoxy) is 2. The van der Waals surface area contributed by atoms with Gasteiger partial charge in [0.25, 0.3) is 5.79 Å². The van der Waals surface area contributed by atoms with Crippen molar-refractivity contribution in [1.82, 2.24) is 0 Å². The van der Waals surface area contributed by atoms with E-state index in [1.54, 1.807) is 0 Å². The van der Waals surface area contributed by atoms with E-state index in [4.69, 9.17) is 9.47 Å². The smallest absolute Gasteiger partial charge is 0.251 e. The number of fused-ring (bicyclic) bond motifs is 2. The van der Waals surface area contributed by atoms with Gasteiger partial charge in [0.1, 0.15) is 0 Å². The van der Waals surface area contributed by atoms with Crippen LogP contribution in [-0.2, 0) is 11.2 Å². The van der Waals surface area contributed by atoms with E-state index in [-0.39, 0.29) is 5.91 Å². The molecule has 0 saturated heterocycles. The molecule has 0 unspecified atom stereocenters. The van der Waals surface area contributed by atoms with Gasteiger partial charge in [-0.05, 0) is 41.3 Å². The van der Waals surface area contributed by atoms with Crippen LogP contribution < -0.4 is 14.8 Å². The quantitative estimate of drug-likeness (QED) is 0.711. The number of rotatable bonds is 3. The Bertz CT molecular complexity index is 1020. The van der Waals surface area contributed by atoms with Gasteiger partial charge in [0.15, 0.2) is 11.5 Å². The van der Waals surface area contributed by atoms with Crippen LogP contribution in [0, 0.1) is 0 Å². The summed E-state index contributed by atoms with van der Waals surface area (Å²) in [5.74, 6) is 0.970. The maximum atomic E-state index is 12.6. The zero-order chi connectivity index (χ0) is 18.3. The number of carbonyl (C=O) groups excluding carboxylic acids is 1. The zero-order valence-electron chi connectivity index (χ0n) is 15.0. The molecule has 0 radical (unpaired) electrons. The highest BCUT2D eigenvalue weighted by atomic mass is 16.7. The predicted octanol–water partition coefficient (Wildman–Crippen LogP) is 5.06. The third-order valence-electron chi connectivity index (χ3n) is 5.42. The molecule has 27 heavy (non-hydrogen) atoms. The van der Waals surface area contributed by atoms with E-state index in [1.807, 2.05) is 42.5 Å². The van der Waals surface area contributed by atoms with E-state index < -0.39 is 5.79 Å². The Labute approximate surface area is 158 Å². The lowest BCUT2D eigenvalue weighted by Gasteiger charge is -2.21. The molecule has 1 aliphatic heterocycles. The van der Waals surface area contributed by atoms with E-state index in [1.165, 1.54) is 0 Å². The number of anilines is 1. The van der Waals surface area contributed by atoms with Crippen LogP contribution in [0.1, 0.15) is 31.2 Å². The second-order valence-electron chi connectivity index (χ2n) is 7.35. The van der Waals surface area contributed by atoms with Crippen molar-refractivity contribution in [3.8, 4) is 11.5 Å². The third-order valence-corrected chi connectivity index (χ3v) is 5.42. The van der Waals surface area contributed by atoms with Crippen LogP contribution in [0.4, 0.5) is 5.69 Å². The number of carbonyl (C=O) groups is 1. The van der Waals surface area contributed by atoms with Crippen LogP contribution in [0.5, 0.6) is 11.5 Å². The minimum atomic E-state index is -0.478. The van der Waals surface area contributed by atoms with Crippen molar-refractivity contribution in [1.29, 1.82) is 0 Å². The van der Waals surface area contributed by atoms with Crippen LogP contribution in [0.25, 0.3) is 10.8 Å². The number of nitrogens with one attached hydrogen (secondary N) is 1. The van der Waals surface area contributed by atoms with Gasteiger partial charge in [-0.2, -0.15) is 0 Å². The molecule has 4 nitrogen and oxygen atoms in total. The molecule has 1 spiro atoms. The van der Waals surface area contributed by atoms with Gasteiger partial charge in [-0.1, -0.05) is 42.5 Å². The normalized spacial score (nSPS) is 16.7. The van der Waals surface area contributed by atoms with E-state index in [0.29, 0.717) is 6.42 Å². The molecule has 4 heteroatoms. The molecule has 0 atom stereocenters. The van der Waals surface area contributed by atoms with Gasteiger partial charge in [-0.3, -0.25) is 4.79 Å². The Morgan fingerprint density at radius 2 is 1.70 bits per heavy atom. The van der Waals surface area contributed by atoms with E-state index in [2.05, 4.69) is 23.5 Å². The molecule has 136 valence electrons. The highest BCUT2D eigenvalue weighted by Gasteiger charge is 2.44. The molecule has 1 aliphatic carbocycles. The van der Waals surface area contributed by atoms with Crippen molar-refractivity contribution >= 4 is 22.4 Å². The Kier molecular flexibility index (Phi) is 3.78. The molecule has 3 aromatic rings. The summed E-state index contributed by atoms with van der Waals surface area (Å²) in [4.78, 5) is 12.6. The lowest BCUT2D eigenvalue weighted by Crippen LogP contribution is -2.34. The SMILES string of the molecule is O=C(Cc1cccc2ccccc12)Nc1ccc2c(c1)OC1(CCCC1)O2. The van der Waals surface area contributed by atoms with E-state index in [0.717, 1.165) is 59.2 Å². The van der Waals surface area contributed by atoms with Gasteiger partial charge in [0.05, 0.1) is 6.42 Å². The highest BCUT2D eigenvalue weighted by Crippen LogP contribution is 2.47. The minimum absolute atomic E-state index is 0.0409. The van der Waals surface area contributed by atoms with Gasteiger partial charge < -0.3 is 14.8 Å². The van der Waals surface area contributed by atoms with E-state index >= 15 is 0 Å². The molecule has 3 aromatic carbocycles. The number of hydrogen-bond donors (Lipinski definition) is 1. The fourth-order valence-corrected chi connectivity index (χ4v) is 4.11. The standard InChI is InChI=1S/C23H21NO3/c25-22(14-17-8-5-7-16-6-1-2-9-19(16)17)24-18-10-11-20-21(15-18)27-23(26-20)12-3-4-13-23/h1-2,5-11,15H,3-4,12-14H2,(H,24,25). The Morgan fingerprint density at radius 1 is 0.926 bits per heavy atom. The molecule has 0 bridgehead atoms. The van der Waals surface area contributed by atoms with Gasteiger partial charge >= 0.3 is 0 Å². The lowest BCUT2D eigenvalue weighted by atomic mass is 10.0. The van der Waals surface area contributed by atoms with Crippen molar-refractivity contribution in [2.24, 2.45) is 0 Å².